The van der Waals surface area contributed by atoms with Gasteiger partial charge in [-0.15, -0.1) is 0 Å². The number of nitrogens with zero attached hydrogens (tertiary/aromatic N) is 2. The number of para-hydroxylation sites is 1. The van der Waals surface area contributed by atoms with E-state index in [0.29, 0.717) is 24.3 Å². The first-order chi connectivity index (χ1) is 15.9. The molecule has 1 aliphatic carbocycles. The van der Waals surface area contributed by atoms with Gasteiger partial charge in [-0.3, -0.25) is 9.36 Å². The Morgan fingerprint density at radius 1 is 1.21 bits per heavy atom. The van der Waals surface area contributed by atoms with Crippen LogP contribution in [0.15, 0.2) is 41.2 Å². The molecule has 8 heteroatoms. The van der Waals surface area contributed by atoms with Crippen LogP contribution >= 0.6 is 0 Å². The molecule has 2 aromatic carbocycles. The summed E-state index contributed by atoms with van der Waals surface area (Å²) >= 11 is 0. The van der Waals surface area contributed by atoms with Crippen LogP contribution in [0.3, 0.4) is 0 Å². The van der Waals surface area contributed by atoms with E-state index in [4.69, 9.17) is 14.5 Å². The summed E-state index contributed by atoms with van der Waals surface area (Å²) in [4.78, 5) is 30.0. The summed E-state index contributed by atoms with van der Waals surface area (Å²) < 4.78 is 27.9. The molecule has 1 aromatic heterocycles. The Bertz CT molecular complexity index is 1280. The highest BCUT2D eigenvalue weighted by atomic mass is 19.1. The molecule has 0 bridgehead atoms. The van der Waals surface area contributed by atoms with Gasteiger partial charge in [0.05, 0.1) is 10.9 Å². The molecule has 33 heavy (non-hydrogen) atoms. The van der Waals surface area contributed by atoms with Crippen molar-refractivity contribution in [2.45, 2.75) is 50.7 Å². The van der Waals surface area contributed by atoms with Gasteiger partial charge in [-0.2, -0.15) is 0 Å². The first-order valence-corrected chi connectivity index (χ1v) is 11.3. The average Bonchev–Trinajstić information content (AvgIpc) is 3.65. The van der Waals surface area contributed by atoms with E-state index in [9.17, 15) is 19.1 Å². The van der Waals surface area contributed by atoms with Crippen molar-refractivity contribution >= 4 is 16.9 Å². The molecule has 1 N–H and O–H groups in total. The first kappa shape index (κ1) is 21.6. The minimum absolute atomic E-state index is 0.0111. The second-order valence-electron chi connectivity index (χ2n) is 8.72. The van der Waals surface area contributed by atoms with Gasteiger partial charge in [-0.05, 0) is 56.9 Å². The summed E-state index contributed by atoms with van der Waals surface area (Å²) in [7, 11) is 0. The lowest BCUT2D eigenvalue weighted by molar-refractivity contribution is 0.0689. The number of benzene rings is 2. The second kappa shape index (κ2) is 8.59. The van der Waals surface area contributed by atoms with Crippen molar-refractivity contribution in [1.29, 1.82) is 0 Å². The number of fused-ring (bicyclic) bond motifs is 1. The van der Waals surface area contributed by atoms with Crippen LogP contribution < -0.4 is 10.3 Å². The zero-order valence-corrected chi connectivity index (χ0v) is 18.3. The lowest BCUT2D eigenvalue weighted by Crippen LogP contribution is -2.29. The molecule has 2 aliphatic rings. The van der Waals surface area contributed by atoms with Gasteiger partial charge in [0.1, 0.15) is 29.1 Å². The number of carboxylic acids is 1. The smallest absolute Gasteiger partial charge is 0.339 e. The number of carboxylic acid groups (broad SMARTS) is 1. The molecule has 172 valence electrons. The Kier molecular flexibility index (Phi) is 5.62. The van der Waals surface area contributed by atoms with Crippen molar-refractivity contribution in [3.63, 3.8) is 0 Å². The van der Waals surface area contributed by atoms with E-state index >= 15 is 0 Å². The normalized spacial score (nSPS) is 17.8. The van der Waals surface area contributed by atoms with Gasteiger partial charge in [-0.1, -0.05) is 12.1 Å². The van der Waals surface area contributed by atoms with Gasteiger partial charge in [0.2, 0.25) is 0 Å². The van der Waals surface area contributed by atoms with Gasteiger partial charge in [-0.25, -0.2) is 14.2 Å². The van der Waals surface area contributed by atoms with Gasteiger partial charge in [0.25, 0.3) is 5.56 Å². The van der Waals surface area contributed by atoms with Crippen LogP contribution in [0.25, 0.3) is 10.9 Å². The highest BCUT2D eigenvalue weighted by Gasteiger charge is 2.32. The summed E-state index contributed by atoms with van der Waals surface area (Å²) in [6, 6.07) is 8.95. The Labute approximate surface area is 189 Å². The molecule has 1 saturated heterocycles. The van der Waals surface area contributed by atoms with Crippen LogP contribution in [0.2, 0.25) is 0 Å². The van der Waals surface area contributed by atoms with Gasteiger partial charge in [0, 0.05) is 30.7 Å². The van der Waals surface area contributed by atoms with Crippen LogP contribution in [0, 0.1) is 5.82 Å². The van der Waals surface area contributed by atoms with Crippen molar-refractivity contribution < 1.29 is 23.8 Å². The predicted octanol–water partition coefficient (Wildman–Crippen LogP) is 4.60. The molecule has 0 spiro atoms. The van der Waals surface area contributed by atoms with Crippen molar-refractivity contribution in [1.82, 2.24) is 9.55 Å². The number of rotatable bonds is 6. The molecule has 2 heterocycles. The number of aromatic nitrogens is 2. The summed E-state index contributed by atoms with van der Waals surface area (Å²) in [6.07, 6.45) is 2.65. The van der Waals surface area contributed by atoms with Crippen LogP contribution in [0.1, 0.15) is 72.4 Å². The van der Waals surface area contributed by atoms with Crippen LogP contribution in [0.5, 0.6) is 5.75 Å². The summed E-state index contributed by atoms with van der Waals surface area (Å²) in [5.41, 5.74) is 0.596. The number of aromatic carboxylic acids is 1. The molecule has 2 fully saturated rings. The van der Waals surface area contributed by atoms with E-state index in [1.165, 1.54) is 18.2 Å². The molecule has 0 amide bonds. The molecule has 1 atom stereocenters. The van der Waals surface area contributed by atoms with Crippen LogP contribution in [-0.2, 0) is 4.74 Å². The number of ether oxygens (including phenoxy) is 2. The van der Waals surface area contributed by atoms with E-state index in [0.717, 1.165) is 31.5 Å². The number of halogens is 1. The highest BCUT2D eigenvalue weighted by Crippen LogP contribution is 2.39. The third kappa shape index (κ3) is 4.11. The molecule has 3 aromatic rings. The van der Waals surface area contributed by atoms with Crippen LogP contribution in [-0.4, -0.2) is 33.8 Å². The zero-order chi connectivity index (χ0) is 23.1. The minimum Gasteiger partial charge on any atom is -0.485 e. The quantitative estimate of drug-likeness (QED) is 0.588. The molecular formula is C25H25FN2O5. The maximum absolute atomic E-state index is 14.6. The fourth-order valence-corrected chi connectivity index (χ4v) is 4.55. The number of carbonyl (C=O) groups is 1. The van der Waals surface area contributed by atoms with Crippen molar-refractivity contribution in [3.8, 4) is 5.75 Å². The Morgan fingerprint density at radius 3 is 2.64 bits per heavy atom. The fraction of sp³-hybridized carbons (Fsp3) is 0.400. The monoisotopic (exact) mass is 452 g/mol. The predicted molar refractivity (Wildman–Crippen MR) is 119 cm³/mol. The second-order valence-corrected chi connectivity index (χ2v) is 8.72. The topological polar surface area (TPSA) is 90.7 Å². The van der Waals surface area contributed by atoms with E-state index in [2.05, 4.69) is 0 Å². The van der Waals surface area contributed by atoms with Gasteiger partial charge >= 0.3 is 5.97 Å². The fourth-order valence-electron chi connectivity index (χ4n) is 4.55. The summed E-state index contributed by atoms with van der Waals surface area (Å²) in [5.74, 6) is -0.679. The first-order valence-electron chi connectivity index (χ1n) is 11.3. The standard InChI is InChI=1S/C25H25FN2O5/c1-14(33-21-5-3-2-4-18(21)25(30)31)19-12-16(26)13-20-22(19)27-23(15-8-10-32-11-9-15)28(24(20)29)17-6-7-17/h2-5,12-15,17H,6-11H2,1H3,(H,30,31). The van der Waals surface area contributed by atoms with Gasteiger partial charge in [0.15, 0.2) is 0 Å². The SMILES string of the molecule is CC(Oc1ccccc1C(=O)O)c1cc(F)cc2c(=O)n(C3CC3)c(C3CCOCC3)nc12. The molecular weight excluding hydrogens is 427 g/mol. The molecule has 7 nitrogen and oxygen atoms in total. The minimum atomic E-state index is -1.12. The molecule has 1 aliphatic heterocycles. The maximum Gasteiger partial charge on any atom is 0.339 e. The van der Waals surface area contributed by atoms with E-state index in [1.54, 1.807) is 29.7 Å². The molecule has 5 rings (SSSR count). The van der Waals surface area contributed by atoms with E-state index in [-0.39, 0.29) is 34.2 Å². The Hall–Kier alpha value is -3.26. The third-order valence-corrected chi connectivity index (χ3v) is 6.38. The lowest BCUT2D eigenvalue weighted by Gasteiger charge is -2.25. The van der Waals surface area contributed by atoms with E-state index in [1.807, 2.05) is 0 Å². The summed E-state index contributed by atoms with van der Waals surface area (Å²) in [6.45, 7) is 2.94. The molecule has 0 radical (unpaired) electrons. The number of hydrogen-bond donors (Lipinski definition) is 1. The Morgan fingerprint density at radius 2 is 1.94 bits per heavy atom. The molecule has 1 saturated carbocycles. The maximum atomic E-state index is 14.6. The number of hydrogen-bond acceptors (Lipinski definition) is 5. The summed E-state index contributed by atoms with van der Waals surface area (Å²) in [5, 5.41) is 9.68. The van der Waals surface area contributed by atoms with Crippen LogP contribution in [0.4, 0.5) is 4.39 Å². The third-order valence-electron chi connectivity index (χ3n) is 6.38. The average molecular weight is 452 g/mol. The van der Waals surface area contributed by atoms with Crippen molar-refractivity contribution in [3.05, 3.63) is 69.5 Å². The zero-order valence-electron chi connectivity index (χ0n) is 18.3. The lowest BCUT2D eigenvalue weighted by atomic mass is 9.98. The van der Waals surface area contributed by atoms with Gasteiger partial charge < -0.3 is 14.6 Å². The Balaban J connectivity index is 1.64. The van der Waals surface area contributed by atoms with Crippen molar-refractivity contribution in [2.24, 2.45) is 0 Å². The van der Waals surface area contributed by atoms with Crippen molar-refractivity contribution in [2.75, 3.05) is 13.2 Å². The molecule has 1 unspecified atom stereocenters. The largest absolute Gasteiger partial charge is 0.485 e. The highest BCUT2D eigenvalue weighted by molar-refractivity contribution is 5.90. The van der Waals surface area contributed by atoms with E-state index < -0.39 is 17.9 Å².